The molecule has 2 rings (SSSR count). The number of methoxy groups -OCH3 is 1. The molecule has 21 heavy (non-hydrogen) atoms. The van der Waals surface area contributed by atoms with Gasteiger partial charge in [0.25, 0.3) is 0 Å². The summed E-state index contributed by atoms with van der Waals surface area (Å²) in [7, 11) is 1.53. The van der Waals surface area contributed by atoms with Crippen LogP contribution in [0.15, 0.2) is 6.07 Å². The number of amides is 1. The van der Waals surface area contributed by atoms with E-state index in [0.29, 0.717) is 19.1 Å². The number of anilines is 1. The van der Waals surface area contributed by atoms with E-state index in [1.165, 1.54) is 7.11 Å². The quantitative estimate of drug-likeness (QED) is 0.805. The normalized spacial score (nSPS) is 21.3. The summed E-state index contributed by atoms with van der Waals surface area (Å²) in [5.74, 6) is 0.333. The van der Waals surface area contributed by atoms with E-state index >= 15 is 0 Å². The molecular formula is C14H22N4O3. The summed E-state index contributed by atoms with van der Waals surface area (Å²) in [4.78, 5) is 20.7. The first-order chi connectivity index (χ1) is 10.1. The summed E-state index contributed by atoms with van der Waals surface area (Å²) in [5, 5.41) is 6.08. The predicted molar refractivity (Wildman–Crippen MR) is 78.3 cm³/mol. The van der Waals surface area contributed by atoms with Gasteiger partial charge in [-0.05, 0) is 19.9 Å². The Hall–Kier alpha value is -1.73. The zero-order valence-electron chi connectivity index (χ0n) is 12.7. The van der Waals surface area contributed by atoms with Crippen LogP contribution < -0.4 is 15.4 Å². The van der Waals surface area contributed by atoms with Crippen molar-refractivity contribution in [3.05, 3.63) is 11.8 Å². The molecule has 1 aliphatic heterocycles. The molecule has 1 aromatic heterocycles. The van der Waals surface area contributed by atoms with Gasteiger partial charge in [0.1, 0.15) is 0 Å². The molecule has 116 valence electrons. The molecule has 2 N–H and O–H groups in total. The van der Waals surface area contributed by atoms with Crippen LogP contribution in [0.4, 0.5) is 5.95 Å². The molecular weight excluding hydrogens is 272 g/mol. The van der Waals surface area contributed by atoms with Crippen molar-refractivity contribution in [2.24, 2.45) is 5.92 Å². The Bertz CT molecular complexity index is 495. The summed E-state index contributed by atoms with van der Waals surface area (Å²) >= 11 is 0. The first-order valence-corrected chi connectivity index (χ1v) is 7.15. The van der Waals surface area contributed by atoms with Gasteiger partial charge in [0.15, 0.2) is 0 Å². The van der Waals surface area contributed by atoms with Crippen molar-refractivity contribution in [1.29, 1.82) is 0 Å². The van der Waals surface area contributed by atoms with Crippen molar-refractivity contribution in [2.75, 3.05) is 32.2 Å². The van der Waals surface area contributed by atoms with Crippen LogP contribution in [0.25, 0.3) is 0 Å². The summed E-state index contributed by atoms with van der Waals surface area (Å²) in [6.45, 7) is 5.74. The molecule has 1 amide bonds. The fourth-order valence-corrected chi connectivity index (χ4v) is 2.25. The van der Waals surface area contributed by atoms with Crippen molar-refractivity contribution in [3.8, 4) is 5.88 Å². The van der Waals surface area contributed by atoms with E-state index in [4.69, 9.17) is 9.47 Å². The maximum absolute atomic E-state index is 12.3. The number of hydrogen-bond acceptors (Lipinski definition) is 6. The van der Waals surface area contributed by atoms with Gasteiger partial charge in [-0.25, -0.2) is 4.98 Å². The standard InChI is InChI=1S/C14H22N4O3/c1-4-5-15-11-8-21-7-10(11)13(19)18-14-16-9(2)6-12(17-14)20-3/h6,10-11,15H,4-5,7-8H2,1-3H3,(H,16,17,18,19). The lowest BCUT2D eigenvalue weighted by Crippen LogP contribution is -2.42. The number of aromatic nitrogens is 2. The van der Waals surface area contributed by atoms with Crippen LogP contribution in [-0.4, -0.2) is 48.8 Å². The molecule has 0 bridgehead atoms. The first-order valence-electron chi connectivity index (χ1n) is 7.15. The summed E-state index contributed by atoms with van der Waals surface area (Å²) < 4.78 is 10.5. The van der Waals surface area contributed by atoms with Gasteiger partial charge in [-0.1, -0.05) is 6.92 Å². The van der Waals surface area contributed by atoms with Crippen LogP contribution in [0.1, 0.15) is 19.0 Å². The minimum absolute atomic E-state index is 0.0386. The molecule has 0 spiro atoms. The third-order valence-electron chi connectivity index (χ3n) is 3.35. The van der Waals surface area contributed by atoms with E-state index in [0.717, 1.165) is 18.7 Å². The lowest BCUT2D eigenvalue weighted by Gasteiger charge is -2.18. The van der Waals surface area contributed by atoms with Crippen molar-refractivity contribution < 1.29 is 14.3 Å². The van der Waals surface area contributed by atoms with E-state index in [2.05, 4.69) is 27.5 Å². The zero-order chi connectivity index (χ0) is 15.2. The van der Waals surface area contributed by atoms with Gasteiger partial charge in [-0.2, -0.15) is 4.98 Å². The second-order valence-electron chi connectivity index (χ2n) is 5.07. The molecule has 7 heteroatoms. The Morgan fingerprint density at radius 1 is 1.48 bits per heavy atom. The van der Waals surface area contributed by atoms with Crippen molar-refractivity contribution in [2.45, 2.75) is 26.3 Å². The summed E-state index contributed by atoms with van der Waals surface area (Å²) in [5.41, 5.74) is 0.737. The largest absolute Gasteiger partial charge is 0.481 e. The number of carbonyl (C=O) groups is 1. The number of rotatable bonds is 6. The number of hydrogen-bond donors (Lipinski definition) is 2. The third-order valence-corrected chi connectivity index (χ3v) is 3.35. The molecule has 0 aliphatic carbocycles. The highest BCUT2D eigenvalue weighted by Gasteiger charge is 2.34. The van der Waals surface area contributed by atoms with E-state index in [-0.39, 0.29) is 23.8 Å². The van der Waals surface area contributed by atoms with E-state index in [1.807, 2.05) is 6.92 Å². The number of nitrogens with one attached hydrogen (secondary N) is 2. The van der Waals surface area contributed by atoms with Crippen molar-refractivity contribution in [3.63, 3.8) is 0 Å². The second-order valence-corrected chi connectivity index (χ2v) is 5.07. The SMILES string of the molecule is CCCNC1COCC1C(=O)Nc1nc(C)cc(OC)n1. The predicted octanol–water partition coefficient (Wildman–Crippen LogP) is 0.747. The number of nitrogens with zero attached hydrogens (tertiary/aromatic N) is 2. The molecule has 0 saturated carbocycles. The van der Waals surface area contributed by atoms with Crippen LogP contribution in [0.3, 0.4) is 0 Å². The third kappa shape index (κ3) is 4.12. The number of aryl methyl sites for hydroxylation is 1. The molecule has 1 aromatic rings. The van der Waals surface area contributed by atoms with Gasteiger partial charge in [-0.15, -0.1) is 0 Å². The van der Waals surface area contributed by atoms with Crippen LogP contribution in [-0.2, 0) is 9.53 Å². The minimum atomic E-state index is -0.230. The fourth-order valence-electron chi connectivity index (χ4n) is 2.25. The van der Waals surface area contributed by atoms with E-state index in [1.54, 1.807) is 6.07 Å². The second kappa shape index (κ2) is 7.33. The van der Waals surface area contributed by atoms with Crippen molar-refractivity contribution in [1.82, 2.24) is 15.3 Å². The lowest BCUT2D eigenvalue weighted by atomic mass is 10.0. The average molecular weight is 294 g/mol. The molecule has 0 aromatic carbocycles. The Kier molecular flexibility index (Phi) is 5.46. The molecule has 1 fully saturated rings. The Labute approximate surface area is 124 Å². The van der Waals surface area contributed by atoms with Gasteiger partial charge in [0.2, 0.25) is 17.7 Å². The van der Waals surface area contributed by atoms with E-state index in [9.17, 15) is 4.79 Å². The highest BCUT2D eigenvalue weighted by Crippen LogP contribution is 2.17. The first kappa shape index (κ1) is 15.7. The van der Waals surface area contributed by atoms with Gasteiger partial charge < -0.3 is 14.8 Å². The van der Waals surface area contributed by atoms with Crippen LogP contribution in [0.2, 0.25) is 0 Å². The maximum Gasteiger partial charge on any atom is 0.233 e. The zero-order valence-corrected chi connectivity index (χ0v) is 12.7. The molecule has 2 heterocycles. The molecule has 0 radical (unpaired) electrons. The Morgan fingerprint density at radius 2 is 2.29 bits per heavy atom. The fraction of sp³-hybridized carbons (Fsp3) is 0.643. The highest BCUT2D eigenvalue weighted by atomic mass is 16.5. The molecule has 1 saturated heterocycles. The van der Waals surface area contributed by atoms with Gasteiger partial charge in [-0.3, -0.25) is 10.1 Å². The lowest BCUT2D eigenvalue weighted by molar-refractivity contribution is -0.120. The van der Waals surface area contributed by atoms with E-state index < -0.39 is 0 Å². The summed E-state index contributed by atoms with van der Waals surface area (Å²) in [6.07, 6.45) is 1.02. The molecule has 2 unspecified atom stereocenters. The smallest absolute Gasteiger partial charge is 0.233 e. The van der Waals surface area contributed by atoms with Crippen LogP contribution >= 0.6 is 0 Å². The molecule has 2 atom stereocenters. The minimum Gasteiger partial charge on any atom is -0.481 e. The number of ether oxygens (including phenoxy) is 2. The van der Waals surface area contributed by atoms with Crippen LogP contribution in [0.5, 0.6) is 5.88 Å². The van der Waals surface area contributed by atoms with Gasteiger partial charge in [0, 0.05) is 17.8 Å². The monoisotopic (exact) mass is 294 g/mol. The van der Waals surface area contributed by atoms with Gasteiger partial charge >= 0.3 is 0 Å². The average Bonchev–Trinajstić information content (AvgIpc) is 2.92. The Balaban J connectivity index is 2.01. The topological polar surface area (TPSA) is 85.4 Å². The summed E-state index contributed by atoms with van der Waals surface area (Å²) in [6, 6.07) is 1.75. The van der Waals surface area contributed by atoms with Gasteiger partial charge in [0.05, 0.1) is 26.2 Å². The number of carbonyl (C=O) groups excluding carboxylic acids is 1. The maximum atomic E-state index is 12.3. The molecule has 1 aliphatic rings. The Morgan fingerprint density at radius 3 is 3.00 bits per heavy atom. The highest BCUT2D eigenvalue weighted by molar-refractivity contribution is 5.91. The van der Waals surface area contributed by atoms with Crippen LogP contribution in [0, 0.1) is 12.8 Å². The molecule has 7 nitrogen and oxygen atoms in total. The van der Waals surface area contributed by atoms with Crippen molar-refractivity contribution >= 4 is 11.9 Å².